The molecule has 0 bridgehead atoms. The van der Waals surface area contributed by atoms with E-state index in [1.54, 1.807) is 6.07 Å². The fourth-order valence-corrected chi connectivity index (χ4v) is 3.15. The van der Waals surface area contributed by atoms with Crippen LogP contribution in [0.2, 0.25) is 10.0 Å². The third-order valence-electron chi connectivity index (χ3n) is 3.66. The number of hydrogen-bond acceptors (Lipinski definition) is 3. The Kier molecular flexibility index (Phi) is 6.12. The molecule has 0 saturated carbocycles. The summed E-state index contributed by atoms with van der Waals surface area (Å²) in [6, 6.07) is 5.87. The van der Waals surface area contributed by atoms with Gasteiger partial charge in [0.2, 0.25) is 0 Å². The summed E-state index contributed by atoms with van der Waals surface area (Å²) in [5, 5.41) is 4.81. The van der Waals surface area contributed by atoms with Crippen LogP contribution < -0.4 is 5.32 Å². The van der Waals surface area contributed by atoms with Crippen LogP contribution in [0.4, 0.5) is 0 Å². The Hall–Kier alpha value is -0.320. The first-order chi connectivity index (χ1) is 9.63. The Morgan fingerprint density at radius 1 is 1.40 bits per heavy atom. The number of hydrogen-bond donors (Lipinski definition) is 1. The van der Waals surface area contributed by atoms with Crippen molar-refractivity contribution in [3.05, 3.63) is 33.8 Å². The Bertz CT molecular complexity index is 442. The van der Waals surface area contributed by atoms with E-state index in [-0.39, 0.29) is 12.1 Å². The maximum atomic E-state index is 6.37. The lowest BCUT2D eigenvalue weighted by atomic mass is 9.98. The van der Waals surface area contributed by atoms with Gasteiger partial charge in [-0.1, -0.05) is 36.2 Å². The summed E-state index contributed by atoms with van der Waals surface area (Å²) in [6.45, 7) is 5.67. The van der Waals surface area contributed by atoms with Crippen LogP contribution in [0.5, 0.6) is 0 Å². The van der Waals surface area contributed by atoms with Crippen molar-refractivity contribution in [2.24, 2.45) is 0 Å². The molecule has 0 aliphatic carbocycles. The zero-order valence-corrected chi connectivity index (χ0v) is 13.5. The minimum Gasteiger partial charge on any atom is -0.374 e. The van der Waals surface area contributed by atoms with Crippen LogP contribution in [-0.4, -0.2) is 44.3 Å². The molecule has 3 nitrogen and oxygen atoms in total. The molecule has 1 aliphatic rings. The second-order valence-corrected chi connectivity index (χ2v) is 6.05. The molecule has 5 heteroatoms. The van der Waals surface area contributed by atoms with Gasteiger partial charge in [-0.15, -0.1) is 0 Å². The Labute approximate surface area is 131 Å². The molecule has 20 heavy (non-hydrogen) atoms. The third kappa shape index (κ3) is 3.86. The number of nitrogens with zero attached hydrogens (tertiary/aromatic N) is 1. The number of nitrogens with one attached hydrogen (secondary N) is 1. The van der Waals surface area contributed by atoms with Gasteiger partial charge in [0.15, 0.2) is 0 Å². The van der Waals surface area contributed by atoms with Gasteiger partial charge in [-0.3, -0.25) is 4.90 Å². The van der Waals surface area contributed by atoms with Gasteiger partial charge in [-0.25, -0.2) is 0 Å². The number of morpholine rings is 1. The molecule has 0 aromatic heterocycles. The maximum absolute atomic E-state index is 6.37. The van der Waals surface area contributed by atoms with Crippen LogP contribution in [0.3, 0.4) is 0 Å². The molecule has 1 aromatic rings. The standard InChI is InChI=1S/C15H22Cl2N2O/c1-3-6-18-10-14-15(19(2)7-8-20-14)12-5-4-11(16)9-13(12)17/h4-5,9,14-15,18H,3,6-8,10H2,1-2H3. The van der Waals surface area contributed by atoms with Crippen LogP contribution in [0.25, 0.3) is 0 Å². The van der Waals surface area contributed by atoms with Gasteiger partial charge in [0, 0.05) is 23.1 Å². The number of likely N-dealkylation sites (N-methyl/N-ethyl adjacent to an activating group) is 1. The summed E-state index contributed by atoms with van der Waals surface area (Å²) in [5.74, 6) is 0. The van der Waals surface area contributed by atoms with E-state index < -0.39 is 0 Å². The van der Waals surface area contributed by atoms with Crippen molar-refractivity contribution >= 4 is 23.2 Å². The van der Waals surface area contributed by atoms with Crippen LogP contribution >= 0.6 is 23.2 Å². The quantitative estimate of drug-likeness (QED) is 0.843. The lowest BCUT2D eigenvalue weighted by Gasteiger charge is -2.40. The molecule has 1 aliphatic heterocycles. The van der Waals surface area contributed by atoms with E-state index in [9.17, 15) is 0 Å². The van der Waals surface area contributed by atoms with E-state index in [0.717, 1.165) is 38.2 Å². The van der Waals surface area contributed by atoms with E-state index in [1.807, 2.05) is 12.1 Å². The molecule has 2 rings (SSSR count). The monoisotopic (exact) mass is 316 g/mol. The summed E-state index contributed by atoms with van der Waals surface area (Å²) in [7, 11) is 2.12. The van der Waals surface area contributed by atoms with Crippen molar-refractivity contribution in [1.82, 2.24) is 10.2 Å². The predicted octanol–water partition coefficient (Wildman–Crippen LogP) is 3.36. The van der Waals surface area contributed by atoms with Gasteiger partial charge in [0.1, 0.15) is 0 Å². The van der Waals surface area contributed by atoms with Crippen LogP contribution in [0.1, 0.15) is 24.9 Å². The number of ether oxygens (including phenoxy) is 1. The largest absolute Gasteiger partial charge is 0.374 e. The van der Waals surface area contributed by atoms with Gasteiger partial charge in [-0.2, -0.15) is 0 Å². The SMILES string of the molecule is CCCNCC1OCCN(C)C1c1ccc(Cl)cc1Cl. The summed E-state index contributed by atoms with van der Waals surface area (Å²) in [4.78, 5) is 2.30. The molecule has 2 atom stereocenters. The highest BCUT2D eigenvalue weighted by molar-refractivity contribution is 6.35. The number of halogens is 2. The van der Waals surface area contributed by atoms with Crippen LogP contribution in [-0.2, 0) is 4.74 Å². The lowest BCUT2D eigenvalue weighted by Crippen LogP contribution is -2.47. The molecule has 2 unspecified atom stereocenters. The number of rotatable bonds is 5. The molecule has 0 amide bonds. The minimum absolute atomic E-state index is 0.110. The third-order valence-corrected chi connectivity index (χ3v) is 4.22. The van der Waals surface area contributed by atoms with E-state index in [4.69, 9.17) is 27.9 Å². The highest BCUT2D eigenvalue weighted by Gasteiger charge is 2.32. The smallest absolute Gasteiger partial charge is 0.0896 e. The number of benzene rings is 1. The van der Waals surface area contributed by atoms with Crippen LogP contribution in [0, 0.1) is 0 Å². The van der Waals surface area contributed by atoms with E-state index >= 15 is 0 Å². The van der Waals surface area contributed by atoms with Crippen molar-refractivity contribution in [2.45, 2.75) is 25.5 Å². The molecule has 1 saturated heterocycles. The first kappa shape index (κ1) is 16.1. The van der Waals surface area contributed by atoms with Crippen molar-refractivity contribution in [1.29, 1.82) is 0 Å². The second kappa shape index (κ2) is 7.62. The molecular weight excluding hydrogens is 295 g/mol. The molecule has 112 valence electrons. The molecule has 1 N–H and O–H groups in total. The van der Waals surface area contributed by atoms with E-state index in [0.29, 0.717) is 10.0 Å². The first-order valence-electron chi connectivity index (χ1n) is 7.11. The van der Waals surface area contributed by atoms with Gasteiger partial charge < -0.3 is 10.1 Å². The zero-order chi connectivity index (χ0) is 14.5. The Morgan fingerprint density at radius 3 is 2.90 bits per heavy atom. The summed E-state index contributed by atoms with van der Waals surface area (Å²) in [6.07, 6.45) is 1.23. The van der Waals surface area contributed by atoms with E-state index in [1.165, 1.54) is 0 Å². The molecule has 0 radical (unpaired) electrons. The average molecular weight is 317 g/mol. The fourth-order valence-electron chi connectivity index (χ4n) is 2.63. The normalized spacial score (nSPS) is 24.0. The first-order valence-corrected chi connectivity index (χ1v) is 7.86. The highest BCUT2D eigenvalue weighted by atomic mass is 35.5. The highest BCUT2D eigenvalue weighted by Crippen LogP contribution is 2.34. The zero-order valence-electron chi connectivity index (χ0n) is 12.0. The molecule has 0 spiro atoms. The topological polar surface area (TPSA) is 24.5 Å². The maximum Gasteiger partial charge on any atom is 0.0896 e. The van der Waals surface area contributed by atoms with Crippen molar-refractivity contribution in [3.63, 3.8) is 0 Å². The second-order valence-electron chi connectivity index (χ2n) is 5.20. The average Bonchev–Trinajstić information content (AvgIpc) is 2.41. The van der Waals surface area contributed by atoms with Gasteiger partial charge >= 0.3 is 0 Å². The van der Waals surface area contributed by atoms with Crippen molar-refractivity contribution in [2.75, 3.05) is 33.3 Å². The van der Waals surface area contributed by atoms with Gasteiger partial charge in [0.25, 0.3) is 0 Å². The Balaban J connectivity index is 2.18. The predicted molar refractivity (Wildman–Crippen MR) is 84.7 cm³/mol. The van der Waals surface area contributed by atoms with Crippen LogP contribution in [0.15, 0.2) is 18.2 Å². The van der Waals surface area contributed by atoms with E-state index in [2.05, 4.69) is 24.2 Å². The summed E-state index contributed by atoms with van der Waals surface area (Å²) in [5.41, 5.74) is 1.08. The molecule has 1 fully saturated rings. The lowest BCUT2D eigenvalue weighted by molar-refractivity contribution is -0.0612. The van der Waals surface area contributed by atoms with Crippen molar-refractivity contribution < 1.29 is 4.74 Å². The van der Waals surface area contributed by atoms with Gasteiger partial charge in [0.05, 0.1) is 18.8 Å². The summed E-state index contributed by atoms with van der Waals surface area (Å²) >= 11 is 12.4. The minimum atomic E-state index is 0.110. The fraction of sp³-hybridized carbons (Fsp3) is 0.600. The Morgan fingerprint density at radius 2 is 2.20 bits per heavy atom. The molecular formula is C15H22Cl2N2O. The summed E-state index contributed by atoms with van der Waals surface area (Å²) < 4.78 is 5.95. The van der Waals surface area contributed by atoms with Gasteiger partial charge in [-0.05, 0) is 37.7 Å². The van der Waals surface area contributed by atoms with Crippen molar-refractivity contribution in [3.8, 4) is 0 Å². The molecule has 1 aromatic carbocycles. The molecule has 1 heterocycles.